The predicted octanol–water partition coefficient (Wildman–Crippen LogP) is 6.36. The second-order valence-electron chi connectivity index (χ2n) is 10.4. The van der Waals surface area contributed by atoms with E-state index in [1.54, 1.807) is 12.5 Å². The minimum atomic E-state index is -0.133. The van der Waals surface area contributed by atoms with Crippen molar-refractivity contribution in [1.82, 2.24) is 4.98 Å². The van der Waals surface area contributed by atoms with Crippen molar-refractivity contribution in [2.24, 2.45) is 28.6 Å². The zero-order valence-corrected chi connectivity index (χ0v) is 18.7. The smallest absolute Gasteiger partial charge is 0.302 e. The van der Waals surface area contributed by atoms with Gasteiger partial charge in [-0.25, -0.2) is 0 Å². The standard InChI is InChI=1S/C27H35NO2/c1-4-27-14-11-21(30-18(2)29)16-20(27)7-8-22-24-10-9-23(19-6-5-15-28-17-19)26(24,3)13-12-25(22)27/h5-7,9,15,17,21-22,24-25H,4,8,10-14,16H2,1-3H3/t21-,22-,24?,25?,26+,27?/m0/s1. The maximum atomic E-state index is 11.5. The highest BCUT2D eigenvalue weighted by Crippen LogP contribution is 2.67. The first kappa shape index (κ1) is 20.0. The lowest BCUT2D eigenvalue weighted by molar-refractivity contribution is -0.148. The van der Waals surface area contributed by atoms with Gasteiger partial charge in [0.25, 0.3) is 0 Å². The van der Waals surface area contributed by atoms with Crippen LogP contribution >= 0.6 is 0 Å². The first-order valence-electron chi connectivity index (χ1n) is 12.0. The van der Waals surface area contributed by atoms with Crippen molar-refractivity contribution in [3.05, 3.63) is 47.8 Å². The topological polar surface area (TPSA) is 39.2 Å². The molecule has 0 saturated heterocycles. The number of rotatable bonds is 3. The van der Waals surface area contributed by atoms with E-state index in [9.17, 15) is 4.79 Å². The van der Waals surface area contributed by atoms with E-state index in [2.05, 4.69) is 43.1 Å². The Morgan fingerprint density at radius 2 is 2.07 bits per heavy atom. The molecule has 0 amide bonds. The fourth-order valence-electron chi connectivity index (χ4n) is 7.96. The van der Waals surface area contributed by atoms with Crippen LogP contribution in [0.15, 0.2) is 42.3 Å². The number of allylic oxidation sites excluding steroid dienone is 3. The van der Waals surface area contributed by atoms with Crippen LogP contribution in [0.2, 0.25) is 0 Å². The molecule has 3 heteroatoms. The Kier molecular flexibility index (Phi) is 4.91. The molecular formula is C27H35NO2. The molecule has 0 radical (unpaired) electrons. The molecule has 160 valence electrons. The number of ether oxygens (including phenoxy) is 1. The number of esters is 1. The van der Waals surface area contributed by atoms with Gasteiger partial charge in [0.05, 0.1) is 0 Å². The molecule has 0 aliphatic heterocycles. The molecule has 5 rings (SSSR count). The number of hydrogen-bond acceptors (Lipinski definition) is 3. The van der Waals surface area contributed by atoms with Crippen LogP contribution in [-0.4, -0.2) is 17.1 Å². The number of nitrogens with zero attached hydrogens (tertiary/aromatic N) is 1. The first-order chi connectivity index (χ1) is 14.5. The largest absolute Gasteiger partial charge is 0.462 e. The van der Waals surface area contributed by atoms with Gasteiger partial charge in [-0.3, -0.25) is 9.78 Å². The molecule has 4 aliphatic rings. The van der Waals surface area contributed by atoms with E-state index in [-0.39, 0.29) is 17.5 Å². The van der Waals surface area contributed by atoms with E-state index in [1.165, 1.54) is 49.7 Å². The van der Waals surface area contributed by atoms with E-state index in [0.717, 1.165) is 30.6 Å². The van der Waals surface area contributed by atoms with Crippen molar-refractivity contribution >= 4 is 11.5 Å². The summed E-state index contributed by atoms with van der Waals surface area (Å²) in [6.45, 7) is 6.46. The Morgan fingerprint density at radius 3 is 2.80 bits per heavy atom. The molecule has 1 aromatic rings. The van der Waals surface area contributed by atoms with Gasteiger partial charge in [0, 0.05) is 25.7 Å². The van der Waals surface area contributed by atoms with Crippen LogP contribution in [0.5, 0.6) is 0 Å². The SMILES string of the molecule is CCC12CC[C@H](OC(C)=O)CC1=CC[C@@H]1C2CC[C@]2(C)C(c3cccnc3)=CCC12. The van der Waals surface area contributed by atoms with Gasteiger partial charge < -0.3 is 4.74 Å². The summed E-state index contributed by atoms with van der Waals surface area (Å²) in [4.78, 5) is 15.9. The van der Waals surface area contributed by atoms with Gasteiger partial charge in [0.2, 0.25) is 0 Å². The monoisotopic (exact) mass is 405 g/mol. The van der Waals surface area contributed by atoms with Crippen molar-refractivity contribution < 1.29 is 9.53 Å². The molecule has 0 bridgehead atoms. The van der Waals surface area contributed by atoms with E-state index in [0.29, 0.717) is 5.41 Å². The van der Waals surface area contributed by atoms with Crippen LogP contribution < -0.4 is 0 Å². The minimum Gasteiger partial charge on any atom is -0.462 e. The Hall–Kier alpha value is -1.90. The molecule has 0 N–H and O–H groups in total. The Labute approximate surface area is 181 Å². The van der Waals surface area contributed by atoms with Gasteiger partial charge >= 0.3 is 5.97 Å². The Balaban J connectivity index is 1.43. The summed E-state index contributed by atoms with van der Waals surface area (Å²) in [6, 6.07) is 4.31. The molecule has 1 aromatic heterocycles. The zero-order valence-electron chi connectivity index (χ0n) is 18.7. The van der Waals surface area contributed by atoms with Crippen molar-refractivity contribution in [1.29, 1.82) is 0 Å². The van der Waals surface area contributed by atoms with Crippen LogP contribution in [-0.2, 0) is 9.53 Å². The third kappa shape index (κ3) is 2.92. The molecule has 0 spiro atoms. The molecule has 2 fully saturated rings. The van der Waals surface area contributed by atoms with Crippen molar-refractivity contribution in [3.8, 4) is 0 Å². The highest BCUT2D eigenvalue weighted by molar-refractivity contribution is 5.72. The lowest BCUT2D eigenvalue weighted by Gasteiger charge is -2.59. The van der Waals surface area contributed by atoms with Gasteiger partial charge in [-0.15, -0.1) is 0 Å². The number of aromatic nitrogens is 1. The maximum absolute atomic E-state index is 11.5. The highest BCUT2D eigenvalue weighted by atomic mass is 16.5. The molecule has 0 aromatic carbocycles. The molecule has 3 nitrogen and oxygen atoms in total. The molecule has 30 heavy (non-hydrogen) atoms. The summed E-state index contributed by atoms with van der Waals surface area (Å²) < 4.78 is 5.62. The average Bonchev–Trinajstić information content (AvgIpc) is 3.11. The van der Waals surface area contributed by atoms with Gasteiger partial charge in [0.1, 0.15) is 6.10 Å². The van der Waals surface area contributed by atoms with Gasteiger partial charge in [-0.05, 0) is 90.7 Å². The van der Waals surface area contributed by atoms with E-state index < -0.39 is 0 Å². The summed E-state index contributed by atoms with van der Waals surface area (Å²) in [5.41, 5.74) is 5.07. The summed E-state index contributed by atoms with van der Waals surface area (Å²) in [5, 5.41) is 0. The Morgan fingerprint density at radius 1 is 1.20 bits per heavy atom. The lowest BCUT2D eigenvalue weighted by atomic mass is 9.46. The minimum absolute atomic E-state index is 0.0872. The van der Waals surface area contributed by atoms with Gasteiger partial charge in [-0.2, -0.15) is 0 Å². The highest BCUT2D eigenvalue weighted by Gasteiger charge is 2.57. The number of fused-ring (bicyclic) bond motifs is 5. The molecule has 2 saturated carbocycles. The van der Waals surface area contributed by atoms with E-state index >= 15 is 0 Å². The van der Waals surface area contributed by atoms with Crippen LogP contribution in [0.25, 0.3) is 5.57 Å². The first-order valence-corrected chi connectivity index (χ1v) is 12.0. The van der Waals surface area contributed by atoms with Gasteiger partial charge in [0.15, 0.2) is 0 Å². The lowest BCUT2D eigenvalue weighted by Crippen LogP contribution is -2.51. The quantitative estimate of drug-likeness (QED) is 0.434. The van der Waals surface area contributed by atoms with E-state index in [4.69, 9.17) is 4.74 Å². The molecule has 6 atom stereocenters. The fourth-order valence-corrected chi connectivity index (χ4v) is 7.96. The zero-order chi connectivity index (χ0) is 20.9. The molecular weight excluding hydrogens is 370 g/mol. The molecule has 3 unspecified atom stereocenters. The number of carbonyl (C=O) groups excluding carboxylic acids is 1. The second kappa shape index (κ2) is 7.35. The number of pyridine rings is 1. The summed E-state index contributed by atoms with van der Waals surface area (Å²) in [6.07, 6.45) is 18.5. The van der Waals surface area contributed by atoms with Crippen molar-refractivity contribution in [2.75, 3.05) is 0 Å². The van der Waals surface area contributed by atoms with Crippen LogP contribution in [0.3, 0.4) is 0 Å². The molecule has 4 aliphatic carbocycles. The number of carbonyl (C=O) groups is 1. The summed E-state index contributed by atoms with van der Waals surface area (Å²) in [7, 11) is 0. The normalized spacial score (nSPS) is 39.8. The Bertz CT molecular complexity index is 887. The van der Waals surface area contributed by atoms with Crippen molar-refractivity contribution in [3.63, 3.8) is 0 Å². The van der Waals surface area contributed by atoms with Crippen LogP contribution in [0.4, 0.5) is 0 Å². The summed E-state index contributed by atoms with van der Waals surface area (Å²) in [5.74, 6) is 2.15. The average molecular weight is 406 g/mol. The molecule has 1 heterocycles. The van der Waals surface area contributed by atoms with Crippen LogP contribution in [0.1, 0.15) is 77.7 Å². The number of hydrogen-bond donors (Lipinski definition) is 0. The van der Waals surface area contributed by atoms with Crippen LogP contribution in [0, 0.1) is 28.6 Å². The fraction of sp³-hybridized carbons (Fsp3) is 0.630. The van der Waals surface area contributed by atoms with E-state index in [1.807, 2.05) is 12.4 Å². The van der Waals surface area contributed by atoms with Crippen molar-refractivity contribution in [2.45, 2.75) is 78.2 Å². The predicted molar refractivity (Wildman–Crippen MR) is 119 cm³/mol. The second-order valence-corrected chi connectivity index (χ2v) is 10.4. The maximum Gasteiger partial charge on any atom is 0.302 e. The van der Waals surface area contributed by atoms with Gasteiger partial charge in [-0.1, -0.05) is 37.6 Å². The third-order valence-electron chi connectivity index (χ3n) is 9.30. The third-order valence-corrected chi connectivity index (χ3v) is 9.30. The summed E-state index contributed by atoms with van der Waals surface area (Å²) >= 11 is 0.